The van der Waals surface area contributed by atoms with Gasteiger partial charge in [-0.1, -0.05) is 32.4 Å². The van der Waals surface area contributed by atoms with Crippen LogP contribution in [0.1, 0.15) is 99.8 Å². The predicted molar refractivity (Wildman–Crippen MR) is 133 cm³/mol. The minimum Gasteiger partial charge on any atom is -0.462 e. The lowest BCUT2D eigenvalue weighted by Crippen LogP contribution is -2.58. The second-order valence-electron chi connectivity index (χ2n) is 14.4. The largest absolute Gasteiger partial charge is 0.462 e. The van der Waals surface area contributed by atoms with E-state index in [1.165, 1.54) is 18.9 Å². The van der Waals surface area contributed by atoms with Crippen molar-refractivity contribution < 1.29 is 24.1 Å². The molecule has 0 unspecified atom stereocenters. The minimum atomic E-state index is -0.988. The molecule has 196 valence electrons. The fourth-order valence-electron chi connectivity index (χ4n) is 10.3. The van der Waals surface area contributed by atoms with E-state index in [9.17, 15) is 9.90 Å². The highest BCUT2D eigenvalue weighted by Gasteiger charge is 2.76. The highest BCUT2D eigenvalue weighted by molar-refractivity contribution is 5.66. The fraction of sp³-hybridized carbons (Fsp3) is 0.900. The van der Waals surface area contributed by atoms with Gasteiger partial charge in [-0.15, -0.1) is 0 Å². The predicted octanol–water partition coefficient (Wildman–Crippen LogP) is 5.79. The third-order valence-electron chi connectivity index (χ3n) is 12.3. The Morgan fingerprint density at radius 3 is 2.51 bits per heavy atom. The summed E-state index contributed by atoms with van der Waals surface area (Å²) in [6.07, 6.45) is 10.8. The maximum absolute atomic E-state index is 12.2. The van der Waals surface area contributed by atoms with Gasteiger partial charge in [0.05, 0.1) is 11.7 Å². The summed E-state index contributed by atoms with van der Waals surface area (Å²) in [6.45, 7) is 15.0. The second kappa shape index (κ2) is 7.35. The molecule has 0 radical (unpaired) electrons. The van der Waals surface area contributed by atoms with Crippen LogP contribution in [-0.4, -0.2) is 40.3 Å². The van der Waals surface area contributed by atoms with Crippen LogP contribution in [0.2, 0.25) is 0 Å². The summed E-state index contributed by atoms with van der Waals surface area (Å²) in [5, 5.41) is 12.2. The first-order chi connectivity index (χ1) is 16.2. The number of hydrogen-bond acceptors (Lipinski definition) is 5. The Balaban J connectivity index is 1.28. The highest BCUT2D eigenvalue weighted by atomic mass is 16.7. The van der Waals surface area contributed by atoms with E-state index in [2.05, 4.69) is 40.7 Å². The number of carbonyl (C=O) groups excluding carboxylic acids is 1. The zero-order valence-corrected chi connectivity index (χ0v) is 22.9. The van der Waals surface area contributed by atoms with E-state index < -0.39 is 11.4 Å². The van der Waals surface area contributed by atoms with E-state index >= 15 is 0 Å². The second-order valence-corrected chi connectivity index (χ2v) is 14.4. The molecule has 1 spiro atoms. The van der Waals surface area contributed by atoms with Crippen LogP contribution in [0.3, 0.4) is 0 Å². The molecule has 6 aliphatic rings. The van der Waals surface area contributed by atoms with Crippen molar-refractivity contribution in [3.63, 3.8) is 0 Å². The van der Waals surface area contributed by atoms with Crippen LogP contribution in [0.25, 0.3) is 0 Å². The number of hydrogen-bond donors (Lipinski definition) is 1. The molecule has 5 nitrogen and oxygen atoms in total. The van der Waals surface area contributed by atoms with E-state index in [1.807, 2.05) is 6.92 Å². The molecule has 1 N–H and O–H groups in total. The number of rotatable bonds is 1. The first-order valence-corrected chi connectivity index (χ1v) is 14.2. The number of carbonyl (C=O) groups is 1. The lowest BCUT2D eigenvalue weighted by Gasteiger charge is -2.59. The standard InChI is InChI=1S/C30H46O5/c1-17-16-30(35-26(17,3)4)29(7,32)25-24(34-30)15-23-21-9-8-19-14-20(33-18(2)31)10-12-27(19,5)22(21)11-13-28(23,25)6/h8,17,20-25,32H,9-16H2,1-7H3/t17-,20-,21+,22-,23-,24-,25-,27-,28-,29+,30+/m0/s1. The topological polar surface area (TPSA) is 65.0 Å². The third kappa shape index (κ3) is 3.13. The summed E-state index contributed by atoms with van der Waals surface area (Å²) < 4.78 is 19.0. The van der Waals surface area contributed by atoms with E-state index in [-0.39, 0.29) is 40.5 Å². The van der Waals surface area contributed by atoms with Crippen molar-refractivity contribution in [2.24, 2.45) is 40.4 Å². The molecule has 6 rings (SSSR count). The van der Waals surface area contributed by atoms with Crippen molar-refractivity contribution in [3.05, 3.63) is 11.6 Å². The molecule has 0 aromatic carbocycles. The molecule has 5 fully saturated rings. The molecule has 35 heavy (non-hydrogen) atoms. The summed E-state index contributed by atoms with van der Waals surface area (Å²) in [4.78, 5) is 11.6. The van der Waals surface area contributed by atoms with Crippen LogP contribution in [0.4, 0.5) is 0 Å². The van der Waals surface area contributed by atoms with E-state index in [1.54, 1.807) is 0 Å². The number of fused-ring (bicyclic) bond motifs is 7. The average Bonchev–Trinajstić information content (AvgIpc) is 3.25. The lowest BCUT2D eigenvalue weighted by atomic mass is 9.46. The molecule has 0 aromatic rings. The van der Waals surface area contributed by atoms with Gasteiger partial charge < -0.3 is 19.3 Å². The van der Waals surface area contributed by atoms with Crippen LogP contribution < -0.4 is 0 Å². The van der Waals surface area contributed by atoms with Gasteiger partial charge >= 0.3 is 5.97 Å². The lowest BCUT2D eigenvalue weighted by molar-refractivity contribution is -0.298. The Kier molecular flexibility index (Phi) is 5.13. The molecule has 3 saturated carbocycles. The fourth-order valence-corrected chi connectivity index (χ4v) is 10.3. The van der Waals surface area contributed by atoms with Gasteiger partial charge in [0.2, 0.25) is 0 Å². The highest BCUT2D eigenvalue weighted by Crippen LogP contribution is 2.72. The van der Waals surface area contributed by atoms with Gasteiger partial charge in [-0.2, -0.15) is 0 Å². The van der Waals surface area contributed by atoms with Crippen LogP contribution in [0.5, 0.6) is 0 Å². The molecule has 2 heterocycles. The van der Waals surface area contributed by atoms with Crippen LogP contribution >= 0.6 is 0 Å². The SMILES string of the molecule is CC(=O)O[C@H]1CC[C@@]2(C)C(=CC[C@H]3[C@@H]4C[C@@H]5O[C@@]6(C[C@H](C)C(C)(C)O6)[C@](C)(O)[C@@H]5[C@@]4(C)CC[C@@H]32)C1. The molecular formula is C30H46O5. The maximum Gasteiger partial charge on any atom is 0.302 e. The first kappa shape index (κ1) is 24.4. The van der Waals surface area contributed by atoms with Crippen molar-refractivity contribution in [1.82, 2.24) is 0 Å². The Hall–Kier alpha value is -0.910. The van der Waals surface area contributed by atoms with Gasteiger partial charge in [0.15, 0.2) is 5.79 Å². The first-order valence-electron chi connectivity index (χ1n) is 14.2. The molecule has 2 aliphatic heterocycles. The van der Waals surface area contributed by atoms with Gasteiger partial charge in [0.25, 0.3) is 0 Å². The van der Waals surface area contributed by atoms with Crippen LogP contribution in [0, 0.1) is 40.4 Å². The molecule has 4 aliphatic carbocycles. The Labute approximate surface area is 211 Å². The third-order valence-corrected chi connectivity index (χ3v) is 12.3. The van der Waals surface area contributed by atoms with E-state index in [4.69, 9.17) is 14.2 Å². The maximum atomic E-state index is 12.2. The van der Waals surface area contributed by atoms with Crippen molar-refractivity contribution in [2.45, 2.75) is 129 Å². The van der Waals surface area contributed by atoms with Gasteiger partial charge in [-0.3, -0.25) is 4.79 Å². The average molecular weight is 487 g/mol. The van der Waals surface area contributed by atoms with Crippen LogP contribution in [0.15, 0.2) is 11.6 Å². The molecule has 2 saturated heterocycles. The van der Waals surface area contributed by atoms with Gasteiger partial charge in [-0.25, -0.2) is 0 Å². The minimum absolute atomic E-state index is 0.0424. The monoisotopic (exact) mass is 486 g/mol. The van der Waals surface area contributed by atoms with Crippen molar-refractivity contribution in [3.8, 4) is 0 Å². The molecule has 0 bridgehead atoms. The summed E-state index contributed by atoms with van der Waals surface area (Å²) in [6, 6.07) is 0. The zero-order valence-electron chi connectivity index (χ0n) is 22.9. The quantitative estimate of drug-likeness (QED) is 0.375. The normalized spacial score (nSPS) is 56.1. The summed E-state index contributed by atoms with van der Waals surface area (Å²) in [7, 11) is 0. The van der Waals surface area contributed by atoms with E-state index in [0.29, 0.717) is 23.7 Å². The van der Waals surface area contributed by atoms with E-state index in [0.717, 1.165) is 44.9 Å². The summed E-state index contributed by atoms with van der Waals surface area (Å²) in [5.74, 6) is 1.28. The van der Waals surface area contributed by atoms with Crippen LogP contribution in [-0.2, 0) is 19.0 Å². The molecule has 0 amide bonds. The van der Waals surface area contributed by atoms with Crippen molar-refractivity contribution in [2.75, 3.05) is 0 Å². The summed E-state index contributed by atoms with van der Waals surface area (Å²) >= 11 is 0. The summed E-state index contributed by atoms with van der Waals surface area (Å²) in [5.41, 5.74) is 0.518. The molecular weight excluding hydrogens is 440 g/mol. The van der Waals surface area contributed by atoms with Crippen molar-refractivity contribution >= 4 is 5.97 Å². The number of aliphatic hydroxyl groups is 1. The van der Waals surface area contributed by atoms with Gasteiger partial charge in [-0.05, 0) is 93.8 Å². The Morgan fingerprint density at radius 2 is 1.86 bits per heavy atom. The Morgan fingerprint density at radius 1 is 1.11 bits per heavy atom. The Bertz CT molecular complexity index is 952. The zero-order chi connectivity index (χ0) is 25.2. The smallest absolute Gasteiger partial charge is 0.302 e. The number of allylic oxidation sites excluding steroid dienone is 1. The van der Waals surface area contributed by atoms with Gasteiger partial charge in [0.1, 0.15) is 11.7 Å². The number of ether oxygens (including phenoxy) is 3. The number of esters is 1. The van der Waals surface area contributed by atoms with Crippen molar-refractivity contribution in [1.29, 1.82) is 0 Å². The molecule has 5 heteroatoms. The van der Waals surface area contributed by atoms with Gasteiger partial charge in [0, 0.05) is 25.7 Å². The molecule has 0 aromatic heterocycles. The molecule has 11 atom stereocenters.